The Hall–Kier alpha value is -3.71. The average molecular weight is 407 g/mol. The van der Waals surface area contributed by atoms with Gasteiger partial charge in [-0.2, -0.15) is 4.98 Å². The van der Waals surface area contributed by atoms with Crippen LogP contribution < -0.4 is 10.1 Å². The number of nitrogens with zero attached hydrogens (tertiary/aromatic N) is 3. The number of benzene rings is 3. The van der Waals surface area contributed by atoms with E-state index in [4.69, 9.17) is 16.3 Å². The second-order valence-electron chi connectivity index (χ2n) is 6.20. The first-order chi connectivity index (χ1) is 14.1. The third-order valence-electron chi connectivity index (χ3n) is 4.17. The molecule has 0 saturated heterocycles. The van der Waals surface area contributed by atoms with Crippen LogP contribution in [0.2, 0.25) is 5.02 Å². The maximum Gasteiger partial charge on any atom is 0.288 e. The molecule has 8 heteroatoms. The number of halogens is 1. The molecule has 0 amide bonds. The first kappa shape index (κ1) is 18.6. The minimum atomic E-state index is -0.543. The Morgan fingerprint density at radius 1 is 1.00 bits per heavy atom. The SMILES string of the molecule is O=[N+]([O-])c1cc2c(OCc3ccccc3)nc(Nc3ccccc3)nc2cc1Cl. The lowest BCUT2D eigenvalue weighted by Gasteiger charge is -2.12. The molecule has 0 fully saturated rings. The average Bonchev–Trinajstić information content (AvgIpc) is 2.73. The molecule has 144 valence electrons. The second-order valence-corrected chi connectivity index (χ2v) is 6.60. The Labute approximate surface area is 171 Å². The van der Waals surface area contributed by atoms with E-state index in [-0.39, 0.29) is 23.2 Å². The van der Waals surface area contributed by atoms with Crippen molar-refractivity contribution in [3.05, 3.63) is 93.5 Å². The zero-order valence-corrected chi connectivity index (χ0v) is 15.8. The predicted octanol–water partition coefficient (Wildman–Crippen LogP) is 5.51. The van der Waals surface area contributed by atoms with Gasteiger partial charge in [0.15, 0.2) is 0 Å². The van der Waals surface area contributed by atoms with E-state index in [1.165, 1.54) is 12.1 Å². The van der Waals surface area contributed by atoms with Crippen LogP contribution in [0.25, 0.3) is 10.9 Å². The minimum absolute atomic E-state index is 0.000806. The van der Waals surface area contributed by atoms with Gasteiger partial charge in [-0.3, -0.25) is 10.1 Å². The Morgan fingerprint density at radius 3 is 2.38 bits per heavy atom. The number of rotatable bonds is 6. The predicted molar refractivity (Wildman–Crippen MR) is 112 cm³/mol. The summed E-state index contributed by atoms with van der Waals surface area (Å²) >= 11 is 6.07. The van der Waals surface area contributed by atoms with Crippen molar-refractivity contribution in [3.8, 4) is 5.88 Å². The molecule has 4 aromatic rings. The summed E-state index contributed by atoms with van der Waals surface area (Å²) in [6.07, 6.45) is 0. The monoisotopic (exact) mass is 406 g/mol. The Balaban J connectivity index is 1.77. The van der Waals surface area contributed by atoms with Crippen LogP contribution in [-0.2, 0) is 6.61 Å². The molecule has 0 saturated carbocycles. The molecule has 1 N–H and O–H groups in total. The van der Waals surface area contributed by atoms with Crippen molar-refractivity contribution in [2.45, 2.75) is 6.61 Å². The number of ether oxygens (including phenoxy) is 1. The van der Waals surface area contributed by atoms with E-state index < -0.39 is 4.92 Å². The molecular weight excluding hydrogens is 392 g/mol. The fourth-order valence-electron chi connectivity index (χ4n) is 2.79. The molecular formula is C21H15ClN4O3. The van der Waals surface area contributed by atoms with Gasteiger partial charge in [0.05, 0.1) is 15.8 Å². The summed E-state index contributed by atoms with van der Waals surface area (Å²) in [5, 5.41) is 14.8. The van der Waals surface area contributed by atoms with E-state index in [1.807, 2.05) is 60.7 Å². The Morgan fingerprint density at radius 2 is 1.69 bits per heavy atom. The largest absolute Gasteiger partial charge is 0.472 e. The molecule has 0 aliphatic rings. The van der Waals surface area contributed by atoms with Crippen LogP contribution >= 0.6 is 11.6 Å². The van der Waals surface area contributed by atoms with Crippen LogP contribution in [0.3, 0.4) is 0 Å². The van der Waals surface area contributed by atoms with Gasteiger partial charge < -0.3 is 10.1 Å². The standard InChI is InChI=1S/C21H15ClN4O3/c22-17-12-18-16(11-19(17)26(27)28)20(29-13-14-7-3-1-4-8-14)25-21(24-18)23-15-9-5-2-6-10-15/h1-12H,13H2,(H,23,24,25). The molecule has 0 bridgehead atoms. The van der Waals surface area contributed by atoms with E-state index >= 15 is 0 Å². The number of hydrogen-bond donors (Lipinski definition) is 1. The van der Waals surface area contributed by atoms with Crippen molar-refractivity contribution in [2.75, 3.05) is 5.32 Å². The highest BCUT2D eigenvalue weighted by Crippen LogP contribution is 2.34. The van der Waals surface area contributed by atoms with E-state index in [9.17, 15) is 10.1 Å². The highest BCUT2D eigenvalue weighted by atomic mass is 35.5. The van der Waals surface area contributed by atoms with Crippen molar-refractivity contribution in [3.63, 3.8) is 0 Å². The van der Waals surface area contributed by atoms with Gasteiger partial charge in [-0.05, 0) is 23.8 Å². The van der Waals surface area contributed by atoms with Gasteiger partial charge in [0, 0.05) is 11.8 Å². The van der Waals surface area contributed by atoms with E-state index in [0.717, 1.165) is 11.3 Å². The van der Waals surface area contributed by atoms with Gasteiger partial charge in [0.25, 0.3) is 5.69 Å². The third kappa shape index (κ3) is 4.25. The number of nitrogens with one attached hydrogen (secondary N) is 1. The van der Waals surface area contributed by atoms with Gasteiger partial charge in [0.2, 0.25) is 11.8 Å². The lowest BCUT2D eigenvalue weighted by Crippen LogP contribution is -2.03. The number of anilines is 2. The summed E-state index contributed by atoms with van der Waals surface area (Å²) in [5.74, 6) is 0.536. The van der Waals surface area contributed by atoms with Gasteiger partial charge in [-0.25, -0.2) is 4.98 Å². The van der Waals surface area contributed by atoms with Crippen molar-refractivity contribution < 1.29 is 9.66 Å². The number of nitro groups is 1. The van der Waals surface area contributed by atoms with Crippen LogP contribution in [0.4, 0.5) is 17.3 Å². The molecule has 0 unspecified atom stereocenters. The van der Waals surface area contributed by atoms with Gasteiger partial charge in [-0.15, -0.1) is 0 Å². The van der Waals surface area contributed by atoms with Gasteiger partial charge in [0.1, 0.15) is 11.6 Å². The van der Waals surface area contributed by atoms with Crippen molar-refractivity contribution in [1.82, 2.24) is 9.97 Å². The molecule has 0 aliphatic carbocycles. The molecule has 1 aromatic heterocycles. The zero-order chi connectivity index (χ0) is 20.2. The van der Waals surface area contributed by atoms with Crippen LogP contribution in [0.5, 0.6) is 5.88 Å². The van der Waals surface area contributed by atoms with E-state index in [0.29, 0.717) is 16.9 Å². The van der Waals surface area contributed by atoms with Crippen molar-refractivity contribution in [2.24, 2.45) is 0 Å². The molecule has 4 rings (SSSR count). The van der Waals surface area contributed by atoms with Crippen molar-refractivity contribution in [1.29, 1.82) is 0 Å². The minimum Gasteiger partial charge on any atom is -0.472 e. The third-order valence-corrected chi connectivity index (χ3v) is 4.48. The number of nitro benzene ring substituents is 1. The number of hydrogen-bond acceptors (Lipinski definition) is 6. The first-order valence-electron chi connectivity index (χ1n) is 8.74. The number of fused-ring (bicyclic) bond motifs is 1. The molecule has 29 heavy (non-hydrogen) atoms. The van der Waals surface area contributed by atoms with E-state index in [1.54, 1.807) is 0 Å². The van der Waals surface area contributed by atoms with Crippen LogP contribution in [-0.4, -0.2) is 14.9 Å². The molecule has 0 aliphatic heterocycles. The van der Waals surface area contributed by atoms with Gasteiger partial charge >= 0.3 is 0 Å². The zero-order valence-electron chi connectivity index (χ0n) is 15.1. The summed E-state index contributed by atoms with van der Waals surface area (Å²) in [6, 6.07) is 21.8. The first-order valence-corrected chi connectivity index (χ1v) is 9.12. The van der Waals surface area contributed by atoms with Crippen molar-refractivity contribution >= 4 is 39.8 Å². The number of aromatic nitrogens is 2. The maximum absolute atomic E-state index is 11.3. The highest BCUT2D eigenvalue weighted by Gasteiger charge is 2.18. The summed E-state index contributed by atoms with van der Waals surface area (Å²) in [7, 11) is 0. The highest BCUT2D eigenvalue weighted by molar-refractivity contribution is 6.33. The Kier molecular flexibility index (Phi) is 5.22. The van der Waals surface area contributed by atoms with Crippen LogP contribution in [0.1, 0.15) is 5.56 Å². The molecule has 0 radical (unpaired) electrons. The normalized spacial score (nSPS) is 10.7. The lowest BCUT2D eigenvalue weighted by molar-refractivity contribution is -0.384. The molecule has 0 atom stereocenters. The van der Waals surface area contributed by atoms with Crippen LogP contribution in [0.15, 0.2) is 72.8 Å². The van der Waals surface area contributed by atoms with Crippen LogP contribution in [0, 0.1) is 10.1 Å². The lowest BCUT2D eigenvalue weighted by atomic mass is 10.2. The van der Waals surface area contributed by atoms with E-state index in [2.05, 4.69) is 15.3 Å². The Bertz CT molecular complexity index is 1170. The summed E-state index contributed by atoms with van der Waals surface area (Å²) in [5.41, 5.74) is 1.96. The molecule has 1 heterocycles. The molecule has 3 aromatic carbocycles. The van der Waals surface area contributed by atoms with Gasteiger partial charge in [-0.1, -0.05) is 60.1 Å². The fraction of sp³-hybridized carbons (Fsp3) is 0.0476. The second kappa shape index (κ2) is 8.12. The quantitative estimate of drug-likeness (QED) is 0.335. The summed E-state index contributed by atoms with van der Waals surface area (Å²) in [4.78, 5) is 19.6. The topological polar surface area (TPSA) is 90.2 Å². The molecule has 0 spiro atoms. The summed E-state index contributed by atoms with van der Waals surface area (Å²) in [6.45, 7) is 0.258. The maximum atomic E-state index is 11.3. The summed E-state index contributed by atoms with van der Waals surface area (Å²) < 4.78 is 5.90. The number of para-hydroxylation sites is 1. The smallest absolute Gasteiger partial charge is 0.288 e. The fourth-order valence-corrected chi connectivity index (χ4v) is 3.02. The molecule has 7 nitrogen and oxygen atoms in total.